The molecule has 1 aliphatic heterocycles. The maximum Gasteiger partial charge on any atom is 0.312 e. The highest BCUT2D eigenvalue weighted by Crippen LogP contribution is 2.34. The summed E-state index contributed by atoms with van der Waals surface area (Å²) in [5.74, 6) is -1.18. The van der Waals surface area contributed by atoms with Crippen molar-refractivity contribution < 1.29 is 31.9 Å². The molecule has 2 atom stereocenters. The second-order valence-corrected chi connectivity index (χ2v) is 11.5. The lowest BCUT2D eigenvalue weighted by Gasteiger charge is -2.18. The quantitative estimate of drug-likeness (QED) is 0.307. The highest BCUT2D eigenvalue weighted by Gasteiger charge is 2.41. The molecule has 1 fully saturated rings. The molecular formula is C26H30FN3O6S. The van der Waals surface area contributed by atoms with Gasteiger partial charge in [0.05, 0.1) is 46.7 Å². The third-order valence-corrected chi connectivity index (χ3v) is 7.89. The van der Waals surface area contributed by atoms with Crippen LogP contribution in [0.1, 0.15) is 39.4 Å². The fraction of sp³-hybridized carbons (Fsp3) is 0.423. The largest absolute Gasteiger partial charge is 0.491 e. The number of halogens is 1. The number of nitrogens with zero attached hydrogens (tertiary/aromatic N) is 3. The first-order valence-corrected chi connectivity index (χ1v) is 13.5. The summed E-state index contributed by atoms with van der Waals surface area (Å²) in [6.45, 7) is 7.12. The molecule has 0 saturated carbocycles. The SMILES string of the molecule is CC(C)OC(=O)Cc1nn([C@H]2CN(S(=O)(=O)c3ccc(OC(C)C)cc3)C[C@H]2C=O)c2cc(F)ccc12. The van der Waals surface area contributed by atoms with Crippen molar-refractivity contribution in [1.82, 2.24) is 14.1 Å². The first kappa shape index (κ1) is 26.7. The van der Waals surface area contributed by atoms with E-state index in [9.17, 15) is 22.4 Å². The zero-order chi connectivity index (χ0) is 26.9. The van der Waals surface area contributed by atoms with Crippen LogP contribution in [0.15, 0.2) is 47.4 Å². The number of fused-ring (bicyclic) bond motifs is 1. The van der Waals surface area contributed by atoms with E-state index in [2.05, 4.69) is 5.10 Å². The van der Waals surface area contributed by atoms with E-state index in [4.69, 9.17) is 9.47 Å². The molecule has 9 nitrogen and oxygen atoms in total. The number of aromatic nitrogens is 2. The van der Waals surface area contributed by atoms with Gasteiger partial charge in [0.1, 0.15) is 17.9 Å². The van der Waals surface area contributed by atoms with E-state index in [0.717, 1.165) is 0 Å². The number of aldehydes is 1. The lowest BCUT2D eigenvalue weighted by molar-refractivity contribution is -0.146. The van der Waals surface area contributed by atoms with Crippen LogP contribution < -0.4 is 4.74 Å². The van der Waals surface area contributed by atoms with E-state index in [1.807, 2.05) is 13.8 Å². The molecular weight excluding hydrogens is 501 g/mol. The maximum absolute atomic E-state index is 14.2. The van der Waals surface area contributed by atoms with E-state index in [0.29, 0.717) is 28.6 Å². The van der Waals surface area contributed by atoms with Gasteiger partial charge in [0.25, 0.3) is 0 Å². The number of carbonyl (C=O) groups excluding carboxylic acids is 2. The van der Waals surface area contributed by atoms with Crippen LogP contribution in [0.5, 0.6) is 5.75 Å². The molecule has 0 spiro atoms. The summed E-state index contributed by atoms with van der Waals surface area (Å²) in [5.41, 5.74) is 0.742. The smallest absolute Gasteiger partial charge is 0.312 e. The van der Waals surface area contributed by atoms with Crippen LogP contribution in [0.3, 0.4) is 0 Å². The average Bonchev–Trinajstić information content (AvgIpc) is 3.40. The van der Waals surface area contributed by atoms with Crippen molar-refractivity contribution in [1.29, 1.82) is 0 Å². The molecule has 3 aromatic rings. The fourth-order valence-electron chi connectivity index (χ4n) is 4.48. The van der Waals surface area contributed by atoms with Crippen molar-refractivity contribution in [3.63, 3.8) is 0 Å². The second kappa shape index (κ2) is 10.6. The number of esters is 1. The minimum atomic E-state index is -3.93. The molecule has 1 aliphatic rings. The second-order valence-electron chi connectivity index (χ2n) is 9.60. The molecule has 0 amide bonds. The lowest BCUT2D eigenvalue weighted by Crippen LogP contribution is -2.29. The molecule has 0 aliphatic carbocycles. The Kier molecular flexibility index (Phi) is 7.65. The van der Waals surface area contributed by atoms with Crippen LogP contribution in [-0.2, 0) is 30.8 Å². The molecule has 0 unspecified atom stereocenters. The highest BCUT2D eigenvalue weighted by molar-refractivity contribution is 7.89. The van der Waals surface area contributed by atoms with Crippen LogP contribution in [0.2, 0.25) is 0 Å². The van der Waals surface area contributed by atoms with E-state index in [-0.39, 0.29) is 36.6 Å². The van der Waals surface area contributed by atoms with E-state index in [1.54, 1.807) is 26.0 Å². The third-order valence-electron chi connectivity index (χ3n) is 6.05. The van der Waals surface area contributed by atoms with Gasteiger partial charge in [-0.05, 0) is 70.2 Å². The number of benzene rings is 2. The summed E-state index contributed by atoms with van der Waals surface area (Å²) in [7, 11) is -3.93. The van der Waals surface area contributed by atoms with Crippen molar-refractivity contribution in [2.45, 2.75) is 57.3 Å². The fourth-order valence-corrected chi connectivity index (χ4v) is 5.97. The van der Waals surface area contributed by atoms with Crippen molar-refractivity contribution in [2.24, 2.45) is 5.92 Å². The Morgan fingerprint density at radius 2 is 1.81 bits per heavy atom. The standard InChI is InChI=1S/C26H30FN3O6S/c1-16(2)35-20-6-8-21(9-7-20)37(33,34)29-13-18(15-31)25(14-29)30-24-11-19(27)5-10-22(24)23(28-30)12-26(32)36-17(3)4/h5-11,15-18,25H,12-14H2,1-4H3/t18-,25-/m0/s1. The molecule has 1 aromatic heterocycles. The summed E-state index contributed by atoms with van der Waals surface area (Å²) < 4.78 is 54.5. The topological polar surface area (TPSA) is 108 Å². The summed E-state index contributed by atoms with van der Waals surface area (Å²) in [4.78, 5) is 24.4. The van der Waals surface area contributed by atoms with Crippen molar-refractivity contribution in [3.05, 3.63) is 54.0 Å². The van der Waals surface area contributed by atoms with Gasteiger partial charge < -0.3 is 14.3 Å². The predicted octanol–water partition coefficient (Wildman–Crippen LogP) is 3.52. The molecule has 4 rings (SSSR count). The van der Waals surface area contributed by atoms with Gasteiger partial charge in [0.2, 0.25) is 10.0 Å². The summed E-state index contributed by atoms with van der Waals surface area (Å²) in [6, 6.07) is 9.48. The van der Waals surface area contributed by atoms with E-state index < -0.39 is 33.8 Å². The van der Waals surface area contributed by atoms with Crippen LogP contribution in [0.4, 0.5) is 4.39 Å². The molecule has 2 heterocycles. The molecule has 198 valence electrons. The van der Waals surface area contributed by atoms with Crippen molar-refractivity contribution in [3.8, 4) is 5.75 Å². The Balaban J connectivity index is 1.66. The molecule has 1 saturated heterocycles. The number of ether oxygens (including phenoxy) is 2. The monoisotopic (exact) mass is 531 g/mol. The van der Waals surface area contributed by atoms with Gasteiger partial charge in [-0.15, -0.1) is 0 Å². The highest BCUT2D eigenvalue weighted by atomic mass is 32.2. The van der Waals surface area contributed by atoms with Gasteiger partial charge in [-0.25, -0.2) is 12.8 Å². The Hall–Kier alpha value is -3.31. The third kappa shape index (κ3) is 5.67. The van der Waals surface area contributed by atoms with Crippen LogP contribution in [0, 0.1) is 11.7 Å². The Bertz CT molecular complexity index is 1400. The maximum atomic E-state index is 14.2. The van der Waals surface area contributed by atoms with Gasteiger partial charge in [0, 0.05) is 18.5 Å². The minimum absolute atomic E-state index is 0.0425. The Morgan fingerprint density at radius 1 is 1.11 bits per heavy atom. The summed E-state index contributed by atoms with van der Waals surface area (Å²) >= 11 is 0. The molecule has 11 heteroatoms. The van der Waals surface area contributed by atoms with Crippen LogP contribution in [-0.4, -0.2) is 60.1 Å². The Labute approximate surface area is 215 Å². The normalized spacial score (nSPS) is 18.6. The van der Waals surface area contributed by atoms with Gasteiger partial charge in [0.15, 0.2) is 0 Å². The molecule has 2 aromatic carbocycles. The lowest BCUT2D eigenvalue weighted by atomic mass is 10.1. The number of hydrogen-bond donors (Lipinski definition) is 0. The van der Waals surface area contributed by atoms with Crippen molar-refractivity contribution >= 4 is 33.2 Å². The first-order chi connectivity index (χ1) is 17.5. The zero-order valence-electron chi connectivity index (χ0n) is 21.1. The van der Waals surface area contributed by atoms with Gasteiger partial charge >= 0.3 is 5.97 Å². The molecule has 0 N–H and O–H groups in total. The number of rotatable bonds is 9. The zero-order valence-corrected chi connectivity index (χ0v) is 21.9. The number of hydrogen-bond acceptors (Lipinski definition) is 7. The number of sulfonamides is 1. The predicted molar refractivity (Wildman–Crippen MR) is 134 cm³/mol. The van der Waals surface area contributed by atoms with Gasteiger partial charge in [-0.2, -0.15) is 9.40 Å². The summed E-state index contributed by atoms with van der Waals surface area (Å²) in [6.07, 6.45) is 0.191. The van der Waals surface area contributed by atoms with Crippen molar-refractivity contribution in [2.75, 3.05) is 13.1 Å². The Morgan fingerprint density at radius 3 is 2.43 bits per heavy atom. The summed E-state index contributed by atoms with van der Waals surface area (Å²) in [5, 5.41) is 5.07. The first-order valence-electron chi connectivity index (χ1n) is 12.1. The molecule has 37 heavy (non-hydrogen) atoms. The van der Waals surface area contributed by atoms with Gasteiger partial charge in [-0.3, -0.25) is 9.48 Å². The minimum Gasteiger partial charge on any atom is -0.491 e. The van der Waals surface area contributed by atoms with Crippen LogP contribution >= 0.6 is 0 Å². The van der Waals surface area contributed by atoms with E-state index >= 15 is 0 Å². The molecule has 0 radical (unpaired) electrons. The average molecular weight is 532 g/mol. The van der Waals surface area contributed by atoms with Gasteiger partial charge in [-0.1, -0.05) is 0 Å². The van der Waals surface area contributed by atoms with E-state index in [1.165, 1.54) is 39.3 Å². The van der Waals surface area contributed by atoms with Crippen LogP contribution in [0.25, 0.3) is 10.9 Å². The molecule has 0 bridgehead atoms. The number of carbonyl (C=O) groups is 2.